The van der Waals surface area contributed by atoms with Crippen molar-refractivity contribution in [3.05, 3.63) is 28.6 Å². The fraction of sp³-hybridized carbons (Fsp3) is 0.467. The van der Waals surface area contributed by atoms with Crippen molar-refractivity contribution in [2.75, 3.05) is 13.1 Å². The maximum atomic E-state index is 12.5. The van der Waals surface area contributed by atoms with Gasteiger partial charge < -0.3 is 10.6 Å². The first kappa shape index (κ1) is 14.7. The summed E-state index contributed by atoms with van der Waals surface area (Å²) in [5.74, 6) is 0.586. The molecule has 1 fully saturated rings. The molecule has 2 aromatic heterocycles. The number of thiazole rings is 1. The van der Waals surface area contributed by atoms with Crippen LogP contribution in [0.15, 0.2) is 22.9 Å². The van der Waals surface area contributed by atoms with Crippen LogP contribution in [0.4, 0.5) is 0 Å². The Hall–Kier alpha value is -1.24. The number of rotatable bonds is 3. The van der Waals surface area contributed by atoms with Crippen LogP contribution in [0.1, 0.15) is 30.3 Å². The number of aromatic nitrogens is 1. The van der Waals surface area contributed by atoms with Gasteiger partial charge in [-0.3, -0.25) is 4.79 Å². The Morgan fingerprint density at radius 1 is 1.43 bits per heavy atom. The average Bonchev–Trinajstić information content (AvgIpc) is 3.17. The molecule has 1 atom stereocenters. The minimum atomic E-state index is 0.0529. The van der Waals surface area contributed by atoms with Gasteiger partial charge in [0.1, 0.15) is 10.7 Å². The molecule has 1 amide bonds. The zero-order valence-electron chi connectivity index (χ0n) is 12.0. The van der Waals surface area contributed by atoms with Gasteiger partial charge >= 0.3 is 0 Å². The second-order valence-corrected chi connectivity index (χ2v) is 7.31. The highest BCUT2D eigenvalue weighted by Gasteiger charge is 2.26. The van der Waals surface area contributed by atoms with E-state index in [1.807, 2.05) is 27.8 Å². The zero-order chi connectivity index (χ0) is 14.8. The maximum absolute atomic E-state index is 12.5. The van der Waals surface area contributed by atoms with E-state index in [2.05, 4.69) is 11.9 Å². The summed E-state index contributed by atoms with van der Waals surface area (Å²) < 4.78 is 0. The van der Waals surface area contributed by atoms with Crippen LogP contribution < -0.4 is 5.73 Å². The van der Waals surface area contributed by atoms with Crippen molar-refractivity contribution in [3.8, 4) is 9.88 Å². The Bertz CT molecular complexity index is 598. The normalized spacial score (nSPS) is 17.9. The molecule has 1 aliphatic heterocycles. The van der Waals surface area contributed by atoms with Crippen LogP contribution >= 0.6 is 22.7 Å². The van der Waals surface area contributed by atoms with Gasteiger partial charge in [-0.2, -0.15) is 0 Å². The van der Waals surface area contributed by atoms with Crippen LogP contribution in [0.3, 0.4) is 0 Å². The molecule has 1 aliphatic rings. The lowest BCUT2D eigenvalue weighted by atomic mass is 9.91. The van der Waals surface area contributed by atoms with Gasteiger partial charge in [-0.15, -0.1) is 22.7 Å². The Balaban J connectivity index is 1.66. The Morgan fingerprint density at radius 3 is 2.81 bits per heavy atom. The summed E-state index contributed by atoms with van der Waals surface area (Å²) in [6.45, 7) is 3.63. The van der Waals surface area contributed by atoms with Crippen molar-refractivity contribution < 1.29 is 4.79 Å². The lowest BCUT2D eigenvalue weighted by Crippen LogP contribution is -2.42. The Labute approximate surface area is 132 Å². The number of thiophene rings is 1. The van der Waals surface area contributed by atoms with E-state index in [-0.39, 0.29) is 11.9 Å². The summed E-state index contributed by atoms with van der Waals surface area (Å²) in [4.78, 5) is 20.0. The number of carbonyl (C=O) groups is 1. The third-order valence-electron chi connectivity index (χ3n) is 4.03. The number of likely N-dealkylation sites (tertiary alicyclic amines) is 1. The van der Waals surface area contributed by atoms with E-state index >= 15 is 0 Å². The fourth-order valence-corrected chi connectivity index (χ4v) is 4.28. The molecule has 0 aliphatic carbocycles. The van der Waals surface area contributed by atoms with Crippen LogP contribution in [0.2, 0.25) is 0 Å². The smallest absolute Gasteiger partial charge is 0.273 e. The number of piperidine rings is 1. The molecule has 6 heteroatoms. The van der Waals surface area contributed by atoms with E-state index in [1.165, 1.54) is 11.3 Å². The largest absolute Gasteiger partial charge is 0.337 e. The van der Waals surface area contributed by atoms with Crippen molar-refractivity contribution in [3.63, 3.8) is 0 Å². The van der Waals surface area contributed by atoms with Crippen molar-refractivity contribution in [1.29, 1.82) is 0 Å². The molecule has 1 unspecified atom stereocenters. The molecule has 3 heterocycles. The van der Waals surface area contributed by atoms with E-state index in [0.29, 0.717) is 11.6 Å². The second kappa shape index (κ2) is 6.25. The van der Waals surface area contributed by atoms with Gasteiger partial charge in [0.05, 0.1) is 4.88 Å². The van der Waals surface area contributed by atoms with Crippen molar-refractivity contribution >= 4 is 28.6 Å². The van der Waals surface area contributed by atoms with Gasteiger partial charge in [0.2, 0.25) is 0 Å². The van der Waals surface area contributed by atoms with E-state index < -0.39 is 0 Å². The van der Waals surface area contributed by atoms with E-state index in [4.69, 9.17) is 5.73 Å². The second-order valence-electron chi connectivity index (χ2n) is 5.50. The summed E-state index contributed by atoms with van der Waals surface area (Å²) in [5.41, 5.74) is 6.52. The standard InChI is InChI=1S/C15H19N3OS2/c1-10(16)11-4-6-18(7-5-11)15(19)12-9-21-14(17-12)13-3-2-8-20-13/h2-3,8-11H,4-7,16H2,1H3. The molecule has 1 saturated heterocycles. The summed E-state index contributed by atoms with van der Waals surface area (Å²) in [5, 5.41) is 4.82. The minimum Gasteiger partial charge on any atom is -0.337 e. The molecule has 2 N–H and O–H groups in total. The van der Waals surface area contributed by atoms with E-state index in [0.717, 1.165) is 35.8 Å². The Kier molecular flexibility index (Phi) is 4.37. The minimum absolute atomic E-state index is 0.0529. The van der Waals surface area contributed by atoms with Gasteiger partial charge in [0, 0.05) is 24.5 Å². The molecular weight excluding hydrogens is 302 g/mol. The molecule has 3 rings (SSSR count). The quantitative estimate of drug-likeness (QED) is 0.945. The lowest BCUT2D eigenvalue weighted by Gasteiger charge is -2.33. The van der Waals surface area contributed by atoms with Gasteiger partial charge in [0.15, 0.2) is 0 Å². The maximum Gasteiger partial charge on any atom is 0.273 e. The summed E-state index contributed by atoms with van der Waals surface area (Å²) in [6.07, 6.45) is 1.98. The molecule has 0 spiro atoms. The van der Waals surface area contributed by atoms with Crippen LogP contribution in [-0.4, -0.2) is 34.9 Å². The molecule has 4 nitrogen and oxygen atoms in total. The monoisotopic (exact) mass is 321 g/mol. The molecule has 2 aromatic rings. The summed E-state index contributed by atoms with van der Waals surface area (Å²) in [7, 11) is 0. The summed E-state index contributed by atoms with van der Waals surface area (Å²) in [6, 6.07) is 4.25. The first-order valence-corrected chi connectivity index (χ1v) is 8.95. The van der Waals surface area contributed by atoms with Crippen molar-refractivity contribution in [1.82, 2.24) is 9.88 Å². The number of carbonyl (C=O) groups excluding carboxylic acids is 1. The van der Waals surface area contributed by atoms with Crippen molar-refractivity contribution in [2.24, 2.45) is 11.7 Å². The molecular formula is C15H19N3OS2. The number of amides is 1. The van der Waals surface area contributed by atoms with Crippen molar-refractivity contribution in [2.45, 2.75) is 25.8 Å². The molecule has 0 aromatic carbocycles. The molecule has 0 saturated carbocycles. The summed E-state index contributed by atoms with van der Waals surface area (Å²) >= 11 is 3.19. The van der Waals surface area contributed by atoms with Gasteiger partial charge in [-0.05, 0) is 37.1 Å². The number of nitrogens with two attached hydrogens (primary N) is 1. The zero-order valence-corrected chi connectivity index (χ0v) is 13.6. The highest BCUT2D eigenvalue weighted by atomic mass is 32.1. The predicted octanol–water partition coefficient (Wildman–Crippen LogP) is 3.07. The topological polar surface area (TPSA) is 59.2 Å². The lowest BCUT2D eigenvalue weighted by molar-refractivity contribution is 0.0676. The number of hydrogen-bond acceptors (Lipinski definition) is 5. The predicted molar refractivity (Wildman–Crippen MR) is 87.7 cm³/mol. The third-order valence-corrected chi connectivity index (χ3v) is 5.91. The van der Waals surface area contributed by atoms with Crippen LogP contribution in [-0.2, 0) is 0 Å². The highest BCUT2D eigenvalue weighted by molar-refractivity contribution is 7.20. The van der Waals surface area contributed by atoms with Crippen LogP contribution in [0.5, 0.6) is 0 Å². The molecule has 112 valence electrons. The SMILES string of the molecule is CC(N)C1CCN(C(=O)c2csc(-c3cccs3)n2)CC1. The fourth-order valence-electron chi connectivity index (χ4n) is 2.68. The average molecular weight is 321 g/mol. The third kappa shape index (κ3) is 3.17. The Morgan fingerprint density at radius 2 is 2.19 bits per heavy atom. The van der Waals surface area contributed by atoms with E-state index in [1.54, 1.807) is 11.3 Å². The highest BCUT2D eigenvalue weighted by Crippen LogP contribution is 2.29. The van der Waals surface area contributed by atoms with Gasteiger partial charge in [0.25, 0.3) is 5.91 Å². The van der Waals surface area contributed by atoms with Crippen LogP contribution in [0, 0.1) is 5.92 Å². The first-order chi connectivity index (χ1) is 10.1. The molecule has 0 radical (unpaired) electrons. The molecule has 21 heavy (non-hydrogen) atoms. The van der Waals surface area contributed by atoms with Crippen LogP contribution in [0.25, 0.3) is 9.88 Å². The van der Waals surface area contributed by atoms with Gasteiger partial charge in [-0.1, -0.05) is 6.07 Å². The van der Waals surface area contributed by atoms with Gasteiger partial charge in [-0.25, -0.2) is 4.98 Å². The first-order valence-electron chi connectivity index (χ1n) is 7.19. The van der Waals surface area contributed by atoms with E-state index in [9.17, 15) is 4.79 Å². The number of hydrogen-bond donors (Lipinski definition) is 1. The number of nitrogens with zero attached hydrogens (tertiary/aromatic N) is 2. The molecule has 0 bridgehead atoms.